The van der Waals surface area contributed by atoms with E-state index in [1.54, 1.807) is 7.11 Å². The third-order valence-electron chi connectivity index (χ3n) is 2.88. The molecule has 1 aliphatic rings. The zero-order valence-electron chi connectivity index (χ0n) is 9.19. The fraction of sp³-hybridized carbons (Fsp3) is 0.800. The van der Waals surface area contributed by atoms with E-state index in [4.69, 9.17) is 15.0 Å². The minimum absolute atomic E-state index is 0.460. The van der Waals surface area contributed by atoms with Crippen molar-refractivity contribution >= 4 is 0 Å². The average molecular weight is 211 g/mol. The zero-order valence-corrected chi connectivity index (χ0v) is 9.19. The van der Waals surface area contributed by atoms with Crippen LogP contribution in [0.4, 0.5) is 0 Å². The van der Waals surface area contributed by atoms with Crippen LogP contribution in [0.3, 0.4) is 0 Å². The first-order chi connectivity index (χ1) is 7.14. The highest BCUT2D eigenvalue weighted by Crippen LogP contribution is 2.43. The van der Waals surface area contributed by atoms with Crippen molar-refractivity contribution in [3.63, 3.8) is 0 Å². The molecule has 0 saturated heterocycles. The van der Waals surface area contributed by atoms with Gasteiger partial charge < -0.3 is 15.0 Å². The van der Waals surface area contributed by atoms with Crippen LogP contribution >= 0.6 is 0 Å². The van der Waals surface area contributed by atoms with E-state index >= 15 is 0 Å². The van der Waals surface area contributed by atoms with E-state index in [1.165, 1.54) is 0 Å². The molecular formula is C10H17N3O2. The first-order valence-electron chi connectivity index (χ1n) is 5.25. The molecule has 1 unspecified atom stereocenters. The molecule has 15 heavy (non-hydrogen) atoms. The second-order valence-electron chi connectivity index (χ2n) is 4.32. The normalized spacial score (nSPS) is 20.2. The molecule has 2 N–H and O–H groups in total. The molecule has 1 saturated carbocycles. The summed E-state index contributed by atoms with van der Waals surface area (Å²) < 4.78 is 10.1. The standard InChI is InChI=1S/C10H17N3O2/c1-10(11,7-3-4-7)9-12-8(13-15-9)5-6-14-2/h7H,3-6,11H2,1-2H3. The number of aromatic nitrogens is 2. The molecule has 0 amide bonds. The fourth-order valence-corrected chi connectivity index (χ4v) is 1.63. The van der Waals surface area contributed by atoms with Crippen molar-refractivity contribution in [3.8, 4) is 0 Å². The molecule has 5 heteroatoms. The topological polar surface area (TPSA) is 74.2 Å². The number of hydrogen-bond donors (Lipinski definition) is 1. The van der Waals surface area contributed by atoms with E-state index in [-0.39, 0.29) is 0 Å². The number of ether oxygens (including phenoxy) is 1. The van der Waals surface area contributed by atoms with Crippen LogP contribution in [-0.2, 0) is 16.7 Å². The van der Waals surface area contributed by atoms with E-state index in [9.17, 15) is 0 Å². The van der Waals surface area contributed by atoms with Crippen LogP contribution in [-0.4, -0.2) is 23.9 Å². The minimum Gasteiger partial charge on any atom is -0.384 e. The predicted octanol–water partition coefficient (Wildman–Crippen LogP) is 0.842. The van der Waals surface area contributed by atoms with Crippen molar-refractivity contribution in [2.75, 3.05) is 13.7 Å². The van der Waals surface area contributed by atoms with Crippen LogP contribution in [0.15, 0.2) is 4.52 Å². The Hall–Kier alpha value is -0.940. The van der Waals surface area contributed by atoms with Crippen molar-refractivity contribution < 1.29 is 9.26 Å². The Labute approximate surface area is 89.0 Å². The number of nitrogens with zero attached hydrogens (tertiary/aromatic N) is 2. The highest BCUT2D eigenvalue weighted by molar-refractivity contribution is 5.07. The maximum atomic E-state index is 6.16. The summed E-state index contributed by atoms with van der Waals surface area (Å²) in [6.45, 7) is 2.56. The van der Waals surface area contributed by atoms with Gasteiger partial charge in [-0.05, 0) is 25.7 Å². The maximum absolute atomic E-state index is 6.16. The number of nitrogens with two attached hydrogens (primary N) is 1. The van der Waals surface area contributed by atoms with Crippen molar-refractivity contribution in [2.45, 2.75) is 31.7 Å². The lowest BCUT2D eigenvalue weighted by Gasteiger charge is -2.18. The Morgan fingerprint density at radius 1 is 1.60 bits per heavy atom. The smallest absolute Gasteiger partial charge is 0.246 e. The van der Waals surface area contributed by atoms with Crippen molar-refractivity contribution in [1.29, 1.82) is 0 Å². The van der Waals surface area contributed by atoms with Crippen molar-refractivity contribution in [1.82, 2.24) is 10.1 Å². The Bertz CT molecular complexity index is 331. The van der Waals surface area contributed by atoms with Gasteiger partial charge in [0.1, 0.15) is 0 Å². The molecule has 1 atom stereocenters. The van der Waals surface area contributed by atoms with Gasteiger partial charge in [0, 0.05) is 13.5 Å². The lowest BCUT2D eigenvalue weighted by Crippen LogP contribution is -2.35. The summed E-state index contributed by atoms with van der Waals surface area (Å²) in [6.07, 6.45) is 2.98. The first kappa shape index (κ1) is 10.6. The Balaban J connectivity index is 2.05. The highest BCUT2D eigenvalue weighted by Gasteiger charge is 2.43. The van der Waals surface area contributed by atoms with Crippen LogP contribution in [0.2, 0.25) is 0 Å². The molecule has 1 aliphatic carbocycles. The summed E-state index contributed by atoms with van der Waals surface area (Å²) >= 11 is 0. The molecule has 0 aromatic carbocycles. The molecule has 0 bridgehead atoms. The van der Waals surface area contributed by atoms with E-state index in [0.717, 1.165) is 12.8 Å². The average Bonchev–Trinajstić information content (AvgIpc) is 2.95. The molecule has 1 aromatic heterocycles. The lowest BCUT2D eigenvalue weighted by molar-refractivity contribution is 0.199. The van der Waals surface area contributed by atoms with Crippen LogP contribution in [0.1, 0.15) is 31.5 Å². The molecule has 1 heterocycles. The van der Waals surface area contributed by atoms with Crippen molar-refractivity contribution in [3.05, 3.63) is 11.7 Å². The van der Waals surface area contributed by atoms with E-state index in [0.29, 0.717) is 30.7 Å². The lowest BCUT2D eigenvalue weighted by atomic mass is 9.97. The zero-order chi connectivity index (χ0) is 10.9. The highest BCUT2D eigenvalue weighted by atomic mass is 16.5. The number of rotatable bonds is 5. The molecule has 2 rings (SSSR count). The van der Waals surface area contributed by atoms with Crippen LogP contribution < -0.4 is 5.73 Å². The molecule has 5 nitrogen and oxygen atoms in total. The van der Waals surface area contributed by atoms with Gasteiger partial charge in [-0.2, -0.15) is 4.98 Å². The van der Waals surface area contributed by atoms with Gasteiger partial charge in [-0.25, -0.2) is 0 Å². The van der Waals surface area contributed by atoms with Crippen LogP contribution in [0.5, 0.6) is 0 Å². The van der Waals surface area contributed by atoms with Gasteiger partial charge in [-0.15, -0.1) is 0 Å². The van der Waals surface area contributed by atoms with Gasteiger partial charge in [0.2, 0.25) is 5.89 Å². The SMILES string of the molecule is COCCc1noc(C(C)(N)C2CC2)n1. The summed E-state index contributed by atoms with van der Waals surface area (Å²) in [7, 11) is 1.65. The molecule has 0 aliphatic heterocycles. The molecule has 84 valence electrons. The third kappa shape index (κ3) is 2.18. The number of hydrogen-bond acceptors (Lipinski definition) is 5. The molecular weight excluding hydrogens is 194 g/mol. The number of methoxy groups -OCH3 is 1. The molecule has 1 fully saturated rings. The molecule has 1 aromatic rings. The van der Waals surface area contributed by atoms with Crippen LogP contribution in [0.25, 0.3) is 0 Å². The minimum atomic E-state index is -0.460. The Kier molecular flexibility index (Phi) is 2.75. The largest absolute Gasteiger partial charge is 0.384 e. The van der Waals surface area contributed by atoms with Gasteiger partial charge in [0.05, 0.1) is 12.1 Å². The van der Waals surface area contributed by atoms with Crippen molar-refractivity contribution in [2.24, 2.45) is 11.7 Å². The van der Waals surface area contributed by atoms with Gasteiger partial charge in [-0.1, -0.05) is 5.16 Å². The van der Waals surface area contributed by atoms with Gasteiger partial charge in [-0.3, -0.25) is 0 Å². The predicted molar refractivity (Wildman–Crippen MR) is 54.1 cm³/mol. The first-order valence-corrected chi connectivity index (χ1v) is 5.25. The van der Waals surface area contributed by atoms with E-state index in [1.807, 2.05) is 6.92 Å². The Morgan fingerprint density at radius 2 is 2.33 bits per heavy atom. The summed E-state index contributed by atoms with van der Waals surface area (Å²) in [4.78, 5) is 4.30. The summed E-state index contributed by atoms with van der Waals surface area (Å²) in [6, 6.07) is 0. The monoisotopic (exact) mass is 211 g/mol. The summed E-state index contributed by atoms with van der Waals surface area (Å²) in [5, 5.41) is 3.88. The van der Waals surface area contributed by atoms with E-state index in [2.05, 4.69) is 10.1 Å². The Morgan fingerprint density at radius 3 is 2.93 bits per heavy atom. The quantitative estimate of drug-likeness (QED) is 0.781. The molecule has 0 spiro atoms. The van der Waals surface area contributed by atoms with Gasteiger partial charge >= 0.3 is 0 Å². The molecule has 0 radical (unpaired) electrons. The van der Waals surface area contributed by atoms with Gasteiger partial charge in [0.25, 0.3) is 0 Å². The van der Waals surface area contributed by atoms with E-state index < -0.39 is 5.54 Å². The summed E-state index contributed by atoms with van der Waals surface area (Å²) in [5.74, 6) is 1.72. The third-order valence-corrected chi connectivity index (χ3v) is 2.88. The summed E-state index contributed by atoms with van der Waals surface area (Å²) in [5.41, 5.74) is 5.70. The van der Waals surface area contributed by atoms with Crippen LogP contribution in [0, 0.1) is 5.92 Å². The maximum Gasteiger partial charge on any atom is 0.246 e. The van der Waals surface area contributed by atoms with Gasteiger partial charge in [0.15, 0.2) is 5.82 Å². The second-order valence-corrected chi connectivity index (χ2v) is 4.32. The second kappa shape index (κ2) is 3.90. The fourth-order valence-electron chi connectivity index (χ4n) is 1.63.